The van der Waals surface area contributed by atoms with Crippen LogP contribution >= 0.6 is 0 Å². The molecule has 6 heteroatoms. The van der Waals surface area contributed by atoms with Gasteiger partial charge in [0.05, 0.1) is 11.4 Å². The second-order valence-corrected chi connectivity index (χ2v) is 4.42. The van der Waals surface area contributed by atoms with Crippen LogP contribution < -0.4 is 5.32 Å². The maximum atomic E-state index is 13.8. The Morgan fingerprint density at radius 3 is 2.90 bits per heavy atom. The van der Waals surface area contributed by atoms with Gasteiger partial charge in [-0.3, -0.25) is 4.57 Å². The molecule has 0 aliphatic heterocycles. The van der Waals surface area contributed by atoms with E-state index in [1.807, 2.05) is 0 Å². The molecule has 4 nitrogen and oxygen atoms in total. The highest BCUT2D eigenvalue weighted by Crippen LogP contribution is 2.21. The van der Waals surface area contributed by atoms with E-state index in [9.17, 15) is 8.78 Å². The number of hydrogen-bond acceptors (Lipinski definition) is 3. The maximum Gasteiger partial charge on any atom is 0.207 e. The van der Waals surface area contributed by atoms with Crippen LogP contribution in [0.4, 0.5) is 14.7 Å². The Morgan fingerprint density at radius 1 is 1.35 bits per heavy atom. The Labute approximate surface area is 116 Å². The number of nitrogens with zero attached hydrogens (tertiary/aromatic N) is 2. The Bertz CT molecular complexity index is 584. The number of nitrogens with one attached hydrogen (secondary N) is 1. The molecule has 0 saturated carbocycles. The summed E-state index contributed by atoms with van der Waals surface area (Å²) in [6, 6.07) is 4.08. The molecule has 0 aliphatic rings. The SMILES string of the molecule is COCCCNc1nc(C)cn1-c1cccc(F)c1F. The van der Waals surface area contributed by atoms with Crippen LogP contribution in [-0.4, -0.2) is 29.8 Å². The normalized spacial score (nSPS) is 10.8. The number of aromatic nitrogens is 2. The van der Waals surface area contributed by atoms with Crippen molar-refractivity contribution in [3.05, 3.63) is 41.7 Å². The molecule has 2 rings (SSSR count). The summed E-state index contributed by atoms with van der Waals surface area (Å²) in [5.41, 5.74) is 0.864. The summed E-state index contributed by atoms with van der Waals surface area (Å²) < 4.78 is 33.6. The molecular weight excluding hydrogens is 264 g/mol. The van der Waals surface area contributed by atoms with Gasteiger partial charge in [-0.1, -0.05) is 6.07 Å². The maximum absolute atomic E-state index is 13.8. The second kappa shape index (κ2) is 6.47. The lowest BCUT2D eigenvalue weighted by Gasteiger charge is -2.10. The topological polar surface area (TPSA) is 39.1 Å². The Hall–Kier alpha value is -1.95. The largest absolute Gasteiger partial charge is 0.385 e. The first-order valence-corrected chi connectivity index (χ1v) is 6.36. The number of methoxy groups -OCH3 is 1. The minimum atomic E-state index is -0.884. The molecule has 0 spiro atoms. The van der Waals surface area contributed by atoms with Crippen LogP contribution in [0.5, 0.6) is 0 Å². The lowest BCUT2D eigenvalue weighted by molar-refractivity contribution is 0.197. The van der Waals surface area contributed by atoms with E-state index in [-0.39, 0.29) is 5.69 Å². The summed E-state index contributed by atoms with van der Waals surface area (Å²) in [6.45, 7) is 3.07. The van der Waals surface area contributed by atoms with E-state index in [2.05, 4.69) is 10.3 Å². The van der Waals surface area contributed by atoms with Gasteiger partial charge in [-0.2, -0.15) is 0 Å². The number of hydrogen-bond donors (Lipinski definition) is 1. The van der Waals surface area contributed by atoms with E-state index in [4.69, 9.17) is 4.74 Å². The number of halogens is 2. The number of imidazole rings is 1. The zero-order valence-corrected chi connectivity index (χ0v) is 11.5. The second-order valence-electron chi connectivity index (χ2n) is 4.42. The van der Waals surface area contributed by atoms with Crippen molar-refractivity contribution in [3.8, 4) is 5.69 Å². The first-order valence-electron chi connectivity index (χ1n) is 6.36. The smallest absolute Gasteiger partial charge is 0.207 e. The first kappa shape index (κ1) is 14.5. The fourth-order valence-electron chi connectivity index (χ4n) is 1.90. The molecule has 0 fully saturated rings. The van der Waals surface area contributed by atoms with Gasteiger partial charge in [-0.15, -0.1) is 0 Å². The molecule has 0 saturated heterocycles. The van der Waals surface area contributed by atoms with Crippen LogP contribution in [0.1, 0.15) is 12.1 Å². The molecule has 0 bridgehead atoms. The summed E-state index contributed by atoms with van der Waals surface area (Å²) >= 11 is 0. The monoisotopic (exact) mass is 281 g/mol. The number of ether oxygens (including phenoxy) is 1. The third-order valence-corrected chi connectivity index (χ3v) is 2.83. The molecular formula is C14H17F2N3O. The minimum absolute atomic E-state index is 0.139. The summed E-state index contributed by atoms with van der Waals surface area (Å²) in [5.74, 6) is -1.27. The van der Waals surface area contributed by atoms with E-state index in [1.54, 1.807) is 20.2 Å². The van der Waals surface area contributed by atoms with Gasteiger partial charge in [-0.05, 0) is 25.5 Å². The van der Waals surface area contributed by atoms with E-state index in [0.29, 0.717) is 19.1 Å². The van der Waals surface area contributed by atoms with Gasteiger partial charge in [0.15, 0.2) is 11.6 Å². The predicted octanol–water partition coefficient (Wildman–Crippen LogP) is 2.91. The number of rotatable bonds is 6. The van der Waals surface area contributed by atoms with Crippen molar-refractivity contribution in [1.82, 2.24) is 9.55 Å². The van der Waals surface area contributed by atoms with Gasteiger partial charge >= 0.3 is 0 Å². The molecule has 2 aromatic rings. The highest BCUT2D eigenvalue weighted by molar-refractivity contribution is 5.44. The van der Waals surface area contributed by atoms with Crippen LogP contribution in [-0.2, 0) is 4.74 Å². The van der Waals surface area contributed by atoms with Crippen molar-refractivity contribution in [3.63, 3.8) is 0 Å². The molecule has 0 amide bonds. The van der Waals surface area contributed by atoms with Crippen molar-refractivity contribution >= 4 is 5.95 Å². The van der Waals surface area contributed by atoms with Crippen LogP contribution in [0.2, 0.25) is 0 Å². The highest BCUT2D eigenvalue weighted by Gasteiger charge is 2.13. The van der Waals surface area contributed by atoms with E-state index in [0.717, 1.165) is 18.2 Å². The first-order chi connectivity index (χ1) is 9.63. The van der Waals surface area contributed by atoms with Gasteiger partial charge < -0.3 is 10.1 Å². The van der Waals surface area contributed by atoms with Gasteiger partial charge in [-0.25, -0.2) is 13.8 Å². The highest BCUT2D eigenvalue weighted by atomic mass is 19.2. The zero-order valence-electron chi connectivity index (χ0n) is 11.5. The van der Waals surface area contributed by atoms with Crippen molar-refractivity contribution in [2.45, 2.75) is 13.3 Å². The molecule has 1 aromatic heterocycles. The molecule has 1 aromatic carbocycles. The Morgan fingerprint density at radius 2 is 2.15 bits per heavy atom. The molecule has 0 aliphatic carbocycles. The van der Waals surface area contributed by atoms with Crippen molar-refractivity contribution in [2.24, 2.45) is 0 Å². The average molecular weight is 281 g/mol. The third kappa shape index (κ3) is 3.14. The summed E-state index contributed by atoms with van der Waals surface area (Å²) in [5, 5.41) is 3.10. The molecule has 0 radical (unpaired) electrons. The van der Waals surface area contributed by atoms with Gasteiger partial charge in [0.2, 0.25) is 5.95 Å². The summed E-state index contributed by atoms with van der Waals surface area (Å²) in [4.78, 5) is 4.28. The number of aryl methyl sites for hydroxylation is 1. The molecule has 20 heavy (non-hydrogen) atoms. The number of anilines is 1. The van der Waals surface area contributed by atoms with E-state index in [1.165, 1.54) is 16.7 Å². The predicted molar refractivity (Wildman–Crippen MR) is 73.2 cm³/mol. The molecule has 1 N–H and O–H groups in total. The van der Waals surface area contributed by atoms with Crippen LogP contribution in [0.3, 0.4) is 0 Å². The molecule has 0 atom stereocenters. The lowest BCUT2D eigenvalue weighted by Crippen LogP contribution is -2.10. The minimum Gasteiger partial charge on any atom is -0.385 e. The average Bonchev–Trinajstić information content (AvgIpc) is 2.79. The fourth-order valence-corrected chi connectivity index (χ4v) is 1.90. The summed E-state index contributed by atoms with van der Waals surface area (Å²) in [7, 11) is 1.63. The standard InChI is InChI=1S/C14H17F2N3O/c1-10-9-19(12-6-3-5-11(15)13(12)16)14(18-10)17-7-4-8-20-2/h3,5-6,9H,4,7-8H2,1-2H3,(H,17,18). The Balaban J connectivity index is 2.25. The molecule has 1 heterocycles. The molecule has 0 unspecified atom stereocenters. The van der Waals surface area contributed by atoms with Gasteiger partial charge in [0, 0.05) is 26.5 Å². The van der Waals surface area contributed by atoms with Crippen LogP contribution in [0.25, 0.3) is 5.69 Å². The molecule has 108 valence electrons. The number of benzene rings is 1. The van der Waals surface area contributed by atoms with E-state index < -0.39 is 11.6 Å². The van der Waals surface area contributed by atoms with Crippen molar-refractivity contribution in [1.29, 1.82) is 0 Å². The van der Waals surface area contributed by atoms with Crippen LogP contribution in [0, 0.1) is 18.6 Å². The fraction of sp³-hybridized carbons (Fsp3) is 0.357. The summed E-state index contributed by atoms with van der Waals surface area (Å²) in [6.07, 6.45) is 2.46. The van der Waals surface area contributed by atoms with E-state index >= 15 is 0 Å². The third-order valence-electron chi connectivity index (χ3n) is 2.83. The lowest BCUT2D eigenvalue weighted by atomic mass is 10.3. The Kier molecular flexibility index (Phi) is 4.68. The van der Waals surface area contributed by atoms with Gasteiger partial charge in [0.1, 0.15) is 0 Å². The van der Waals surface area contributed by atoms with Crippen LogP contribution in [0.15, 0.2) is 24.4 Å². The quantitative estimate of drug-likeness (QED) is 0.827. The zero-order chi connectivity index (χ0) is 14.5. The van der Waals surface area contributed by atoms with Crippen molar-refractivity contribution in [2.75, 3.05) is 25.6 Å². The van der Waals surface area contributed by atoms with Gasteiger partial charge in [0.25, 0.3) is 0 Å². The van der Waals surface area contributed by atoms with Crippen molar-refractivity contribution < 1.29 is 13.5 Å².